The molecule has 1 heterocycles. The smallest absolute Gasteiger partial charge is 0.257 e. The Bertz CT molecular complexity index is 1470. The molecule has 1 amide bonds. The van der Waals surface area contributed by atoms with E-state index in [1.807, 2.05) is 80.2 Å². The minimum atomic E-state index is -3.29. The van der Waals surface area contributed by atoms with E-state index in [1.165, 1.54) is 12.1 Å². The maximum atomic E-state index is 13.0. The lowest BCUT2D eigenvalue weighted by Gasteiger charge is -2.12. The number of aromatic nitrogens is 1. The summed E-state index contributed by atoms with van der Waals surface area (Å²) >= 11 is 0. The second-order valence-electron chi connectivity index (χ2n) is 8.63. The van der Waals surface area contributed by atoms with Gasteiger partial charge >= 0.3 is 0 Å². The maximum absolute atomic E-state index is 13.0. The third-order valence-corrected chi connectivity index (χ3v) is 7.05. The van der Waals surface area contributed by atoms with Gasteiger partial charge in [0.05, 0.1) is 16.2 Å². The van der Waals surface area contributed by atoms with E-state index in [2.05, 4.69) is 5.32 Å². The van der Waals surface area contributed by atoms with Crippen molar-refractivity contribution in [1.29, 1.82) is 0 Å². The van der Waals surface area contributed by atoms with Gasteiger partial charge in [-0.25, -0.2) is 8.42 Å². The number of hydrogen-bond acceptors (Lipinski definition) is 4. The molecule has 0 spiro atoms. The van der Waals surface area contributed by atoms with Crippen LogP contribution in [0, 0.1) is 13.8 Å². The van der Waals surface area contributed by atoms with E-state index in [9.17, 15) is 13.2 Å². The summed E-state index contributed by atoms with van der Waals surface area (Å²) in [6.07, 6.45) is 2.96. The molecule has 0 saturated carbocycles. The van der Waals surface area contributed by atoms with Crippen molar-refractivity contribution < 1.29 is 17.9 Å². The van der Waals surface area contributed by atoms with E-state index in [0.717, 1.165) is 40.0 Å². The Morgan fingerprint density at radius 2 is 1.66 bits per heavy atom. The highest BCUT2D eigenvalue weighted by atomic mass is 32.2. The van der Waals surface area contributed by atoms with E-state index in [4.69, 9.17) is 4.74 Å². The molecule has 0 atom stereocenters. The molecule has 0 aliphatic carbocycles. The van der Waals surface area contributed by atoms with Gasteiger partial charge in [-0.3, -0.25) is 4.79 Å². The van der Waals surface area contributed by atoms with Gasteiger partial charge in [0.25, 0.3) is 5.91 Å². The number of anilines is 1. The topological polar surface area (TPSA) is 77.4 Å². The fourth-order valence-corrected chi connectivity index (χ4v) is 4.71. The molecule has 3 aromatic carbocycles. The first-order chi connectivity index (χ1) is 16.6. The quantitative estimate of drug-likeness (QED) is 0.370. The first-order valence-electron chi connectivity index (χ1n) is 11.2. The number of nitrogens with one attached hydrogen (secondary N) is 1. The second kappa shape index (κ2) is 9.80. The Hall–Kier alpha value is -3.84. The summed E-state index contributed by atoms with van der Waals surface area (Å²) in [6.45, 7) is 4.45. The Morgan fingerprint density at radius 1 is 0.971 bits per heavy atom. The Balaban J connectivity index is 1.53. The lowest BCUT2D eigenvalue weighted by Crippen LogP contribution is -2.12. The van der Waals surface area contributed by atoms with Gasteiger partial charge in [0.1, 0.15) is 12.4 Å². The Labute approximate surface area is 206 Å². The second-order valence-corrected chi connectivity index (χ2v) is 10.6. The minimum absolute atomic E-state index is 0.209. The van der Waals surface area contributed by atoms with Crippen molar-refractivity contribution in [2.75, 3.05) is 11.6 Å². The van der Waals surface area contributed by atoms with Gasteiger partial charge in [-0.05, 0) is 73.0 Å². The van der Waals surface area contributed by atoms with Crippen molar-refractivity contribution in [3.05, 3.63) is 101 Å². The number of ether oxygens (including phenoxy) is 1. The van der Waals surface area contributed by atoms with Crippen LogP contribution in [0.15, 0.2) is 83.9 Å². The number of sulfone groups is 1. The molecule has 180 valence electrons. The van der Waals surface area contributed by atoms with Crippen LogP contribution in [-0.2, 0) is 23.5 Å². The molecule has 0 radical (unpaired) electrons. The van der Waals surface area contributed by atoms with Crippen molar-refractivity contribution in [1.82, 2.24) is 4.57 Å². The van der Waals surface area contributed by atoms with Crippen LogP contribution in [0.4, 0.5) is 5.69 Å². The summed E-state index contributed by atoms with van der Waals surface area (Å²) < 4.78 is 31.2. The van der Waals surface area contributed by atoms with Crippen LogP contribution >= 0.6 is 0 Å². The zero-order valence-electron chi connectivity index (χ0n) is 20.2. The summed E-state index contributed by atoms with van der Waals surface area (Å²) in [7, 11) is -1.37. The minimum Gasteiger partial charge on any atom is -0.489 e. The number of rotatable bonds is 7. The lowest BCUT2D eigenvalue weighted by atomic mass is 10.0. The van der Waals surface area contributed by atoms with E-state index in [0.29, 0.717) is 17.9 Å². The third-order valence-electron chi connectivity index (χ3n) is 5.92. The van der Waals surface area contributed by atoms with E-state index < -0.39 is 9.84 Å². The molecule has 4 aromatic rings. The van der Waals surface area contributed by atoms with Gasteiger partial charge in [0.15, 0.2) is 9.84 Å². The molecule has 1 N–H and O–H groups in total. The first kappa shape index (κ1) is 24.3. The zero-order valence-corrected chi connectivity index (χ0v) is 21.0. The Kier molecular flexibility index (Phi) is 6.80. The number of carbonyl (C=O) groups is 1. The number of nitrogens with zero attached hydrogens (tertiary/aromatic N) is 1. The SMILES string of the molecule is Cc1cc(OCc2ccccc2)ccc1-c1c(C)c(C(=O)Nc2ccc(S(C)(=O)=O)cc2)cn1C. The van der Waals surface area contributed by atoms with Crippen molar-refractivity contribution in [3.63, 3.8) is 0 Å². The predicted octanol–water partition coefficient (Wildman–Crippen LogP) is 5.54. The van der Waals surface area contributed by atoms with E-state index >= 15 is 0 Å². The molecule has 7 heteroatoms. The average molecular weight is 489 g/mol. The van der Waals surface area contributed by atoms with Crippen molar-refractivity contribution in [3.8, 4) is 17.0 Å². The van der Waals surface area contributed by atoms with E-state index in [-0.39, 0.29) is 10.8 Å². The van der Waals surface area contributed by atoms with Crippen LogP contribution in [-0.4, -0.2) is 25.1 Å². The molecular weight excluding hydrogens is 460 g/mol. The number of hydrogen-bond donors (Lipinski definition) is 1. The van der Waals surface area contributed by atoms with Crippen LogP contribution < -0.4 is 10.1 Å². The summed E-state index contributed by atoms with van der Waals surface area (Å²) in [4.78, 5) is 13.2. The fourth-order valence-electron chi connectivity index (χ4n) is 4.08. The molecule has 4 rings (SSSR count). The van der Waals surface area contributed by atoms with E-state index in [1.54, 1.807) is 12.1 Å². The molecule has 0 bridgehead atoms. The van der Waals surface area contributed by atoms with Crippen molar-refractivity contribution in [2.24, 2.45) is 7.05 Å². The van der Waals surface area contributed by atoms with Gasteiger partial charge in [0, 0.05) is 30.8 Å². The number of benzene rings is 3. The highest BCUT2D eigenvalue weighted by Gasteiger charge is 2.19. The van der Waals surface area contributed by atoms with Gasteiger partial charge in [-0.15, -0.1) is 0 Å². The Morgan fingerprint density at radius 3 is 2.29 bits per heavy atom. The van der Waals surface area contributed by atoms with Crippen LogP contribution in [0.25, 0.3) is 11.3 Å². The molecule has 0 unspecified atom stereocenters. The van der Waals surface area contributed by atoms with Crippen molar-refractivity contribution in [2.45, 2.75) is 25.3 Å². The maximum Gasteiger partial charge on any atom is 0.257 e. The summed E-state index contributed by atoms with van der Waals surface area (Å²) in [6, 6.07) is 22.1. The molecule has 0 saturated heterocycles. The van der Waals surface area contributed by atoms with Gasteiger partial charge < -0.3 is 14.6 Å². The molecule has 0 fully saturated rings. The van der Waals surface area contributed by atoms with Crippen LogP contribution in [0.2, 0.25) is 0 Å². The fraction of sp³-hybridized carbons (Fsp3) is 0.179. The molecule has 1 aromatic heterocycles. The standard InChI is InChI=1S/C28H28N2O4S/c1-19-16-23(34-18-21-8-6-5-7-9-21)12-15-25(19)27-20(2)26(17-30(27)3)28(31)29-22-10-13-24(14-11-22)35(4,32)33/h5-17H,18H2,1-4H3,(H,29,31). The summed E-state index contributed by atoms with van der Waals surface area (Å²) in [5, 5.41) is 2.86. The van der Waals surface area contributed by atoms with Gasteiger partial charge in [-0.2, -0.15) is 0 Å². The molecule has 6 nitrogen and oxygen atoms in total. The lowest BCUT2D eigenvalue weighted by molar-refractivity contribution is 0.102. The largest absolute Gasteiger partial charge is 0.489 e. The highest BCUT2D eigenvalue weighted by Crippen LogP contribution is 2.32. The van der Waals surface area contributed by atoms with Gasteiger partial charge in [0.2, 0.25) is 0 Å². The monoisotopic (exact) mass is 488 g/mol. The molecular formula is C28H28N2O4S. The molecule has 35 heavy (non-hydrogen) atoms. The number of carbonyl (C=O) groups excluding carboxylic acids is 1. The highest BCUT2D eigenvalue weighted by molar-refractivity contribution is 7.90. The predicted molar refractivity (Wildman–Crippen MR) is 139 cm³/mol. The molecule has 0 aliphatic rings. The number of aryl methyl sites for hydroxylation is 2. The first-order valence-corrected chi connectivity index (χ1v) is 13.1. The summed E-state index contributed by atoms with van der Waals surface area (Å²) in [5.74, 6) is 0.536. The van der Waals surface area contributed by atoms with Gasteiger partial charge in [-0.1, -0.05) is 30.3 Å². The van der Waals surface area contributed by atoms with Crippen LogP contribution in [0.3, 0.4) is 0 Å². The average Bonchev–Trinajstić information content (AvgIpc) is 3.12. The van der Waals surface area contributed by atoms with Crippen molar-refractivity contribution >= 4 is 21.4 Å². The zero-order chi connectivity index (χ0) is 25.2. The summed E-state index contributed by atoms with van der Waals surface area (Å²) in [5.41, 5.74) is 6.07. The molecule has 0 aliphatic heterocycles. The van der Waals surface area contributed by atoms with Crippen LogP contribution in [0.5, 0.6) is 5.75 Å². The number of amides is 1. The third kappa shape index (κ3) is 5.46. The van der Waals surface area contributed by atoms with Crippen LogP contribution in [0.1, 0.15) is 27.0 Å². The normalized spacial score (nSPS) is 11.3.